The maximum atomic E-state index is 5.21. The van der Waals surface area contributed by atoms with Gasteiger partial charge < -0.3 is 0 Å². The van der Waals surface area contributed by atoms with Gasteiger partial charge in [0.05, 0.1) is 13.2 Å². The first-order valence-corrected chi connectivity index (χ1v) is 9.16. The molecule has 0 N–H and O–H groups in total. The minimum Gasteiger partial charge on any atom is -0.237 e. The summed E-state index contributed by atoms with van der Waals surface area (Å²) in [6.45, 7) is 6.05. The van der Waals surface area contributed by atoms with Crippen molar-refractivity contribution in [2.45, 2.75) is 104 Å². The predicted molar refractivity (Wildman–Crippen MR) is 87.9 cm³/mol. The normalized spacial score (nSPS) is 11.1. The third kappa shape index (κ3) is 17.9. The van der Waals surface area contributed by atoms with Crippen LogP contribution in [0.15, 0.2) is 0 Å². The van der Waals surface area contributed by atoms with Gasteiger partial charge in [-0.05, 0) is 12.8 Å². The van der Waals surface area contributed by atoms with Crippen molar-refractivity contribution in [1.82, 2.24) is 0 Å². The van der Waals surface area contributed by atoms with E-state index < -0.39 is 0 Å². The van der Waals surface area contributed by atoms with E-state index in [0.717, 1.165) is 26.1 Å². The number of unbranched alkanes of at least 4 members (excludes halogenated alkanes) is 12. The molecule has 2 nitrogen and oxygen atoms in total. The van der Waals surface area contributed by atoms with Crippen LogP contribution in [0.1, 0.15) is 104 Å². The van der Waals surface area contributed by atoms with Crippen LogP contribution in [0.5, 0.6) is 0 Å². The van der Waals surface area contributed by atoms with E-state index >= 15 is 0 Å². The largest absolute Gasteiger partial charge is 0.237 e. The van der Waals surface area contributed by atoms with Crippen molar-refractivity contribution >= 4 is 0 Å². The highest BCUT2D eigenvalue weighted by atomic mass is 17.2. The minimum absolute atomic E-state index is 0.767. The Bertz CT molecular complexity index is 141. The first kappa shape index (κ1) is 19.9. The molecule has 0 radical (unpaired) electrons. The van der Waals surface area contributed by atoms with Crippen LogP contribution in [0.2, 0.25) is 0 Å². The van der Waals surface area contributed by atoms with Gasteiger partial charge in [0.15, 0.2) is 0 Å². The molecule has 0 aromatic carbocycles. The Hall–Kier alpha value is -0.0800. The zero-order valence-corrected chi connectivity index (χ0v) is 14.1. The van der Waals surface area contributed by atoms with Gasteiger partial charge >= 0.3 is 0 Å². The van der Waals surface area contributed by atoms with Crippen molar-refractivity contribution in [3.63, 3.8) is 0 Å². The number of rotatable bonds is 17. The summed E-state index contributed by atoms with van der Waals surface area (Å²) in [5, 5.41) is 0. The zero-order chi connectivity index (χ0) is 14.7. The molecule has 122 valence electrons. The van der Waals surface area contributed by atoms with Crippen molar-refractivity contribution in [2.24, 2.45) is 0 Å². The molecule has 0 spiro atoms. The van der Waals surface area contributed by atoms with E-state index in [9.17, 15) is 0 Å². The Morgan fingerprint density at radius 1 is 0.400 bits per heavy atom. The van der Waals surface area contributed by atoms with E-state index in [0.29, 0.717) is 0 Å². The van der Waals surface area contributed by atoms with Crippen LogP contribution in [0.3, 0.4) is 0 Å². The highest BCUT2D eigenvalue weighted by molar-refractivity contribution is 4.45. The summed E-state index contributed by atoms with van der Waals surface area (Å²) < 4.78 is 0. The van der Waals surface area contributed by atoms with Crippen LogP contribution in [-0.4, -0.2) is 13.2 Å². The molecule has 0 atom stereocenters. The number of hydrogen-bond acceptors (Lipinski definition) is 2. The SMILES string of the molecule is CCCCCCCCCCOOCCCCCCCC. The van der Waals surface area contributed by atoms with Crippen molar-refractivity contribution in [3.05, 3.63) is 0 Å². The van der Waals surface area contributed by atoms with Crippen molar-refractivity contribution in [1.29, 1.82) is 0 Å². The Kier molecular flexibility index (Phi) is 18.8. The fraction of sp³-hybridized carbons (Fsp3) is 1.00. The quantitative estimate of drug-likeness (QED) is 0.174. The maximum Gasteiger partial charge on any atom is 0.0822 e. The molecule has 0 amide bonds. The van der Waals surface area contributed by atoms with Gasteiger partial charge in [-0.3, -0.25) is 0 Å². The van der Waals surface area contributed by atoms with E-state index in [-0.39, 0.29) is 0 Å². The lowest BCUT2D eigenvalue weighted by Crippen LogP contribution is -1.99. The van der Waals surface area contributed by atoms with Gasteiger partial charge in [-0.15, -0.1) is 0 Å². The van der Waals surface area contributed by atoms with Crippen LogP contribution in [0.4, 0.5) is 0 Å². The molecule has 0 aliphatic carbocycles. The van der Waals surface area contributed by atoms with Crippen LogP contribution in [-0.2, 0) is 9.78 Å². The molecular weight excluding hydrogens is 248 g/mol. The molecule has 0 heterocycles. The summed E-state index contributed by atoms with van der Waals surface area (Å²) in [7, 11) is 0. The second-order valence-corrected chi connectivity index (χ2v) is 5.89. The topological polar surface area (TPSA) is 18.5 Å². The van der Waals surface area contributed by atoms with E-state index in [1.807, 2.05) is 0 Å². The third-order valence-corrected chi connectivity index (χ3v) is 3.75. The first-order valence-electron chi connectivity index (χ1n) is 9.16. The lowest BCUT2D eigenvalue weighted by molar-refractivity contribution is -0.295. The lowest BCUT2D eigenvalue weighted by Gasteiger charge is -2.04. The predicted octanol–water partition coefficient (Wildman–Crippen LogP) is 6.44. The average molecular weight is 286 g/mol. The van der Waals surface area contributed by atoms with Gasteiger partial charge in [0.1, 0.15) is 0 Å². The summed E-state index contributed by atoms with van der Waals surface area (Å²) in [4.78, 5) is 10.4. The molecule has 0 saturated heterocycles. The van der Waals surface area contributed by atoms with Crippen molar-refractivity contribution in [3.8, 4) is 0 Å². The fourth-order valence-corrected chi connectivity index (χ4v) is 2.35. The molecule has 0 aromatic heterocycles. The molecule has 0 unspecified atom stereocenters. The third-order valence-electron chi connectivity index (χ3n) is 3.75. The summed E-state index contributed by atoms with van der Waals surface area (Å²) >= 11 is 0. The van der Waals surface area contributed by atoms with Gasteiger partial charge in [0, 0.05) is 0 Å². The highest BCUT2D eigenvalue weighted by Crippen LogP contribution is 2.08. The Morgan fingerprint density at radius 2 is 0.700 bits per heavy atom. The molecule has 0 aliphatic rings. The summed E-state index contributed by atoms with van der Waals surface area (Å²) in [6, 6.07) is 0. The van der Waals surface area contributed by atoms with Crippen LogP contribution in [0.25, 0.3) is 0 Å². The van der Waals surface area contributed by atoms with Crippen molar-refractivity contribution < 1.29 is 9.78 Å². The smallest absolute Gasteiger partial charge is 0.0822 e. The molecule has 0 bridgehead atoms. The molecule has 0 aromatic rings. The Balaban J connectivity index is 2.89. The van der Waals surface area contributed by atoms with Gasteiger partial charge in [0.25, 0.3) is 0 Å². The average Bonchev–Trinajstić information content (AvgIpc) is 2.47. The van der Waals surface area contributed by atoms with Crippen LogP contribution in [0, 0.1) is 0 Å². The minimum atomic E-state index is 0.767. The summed E-state index contributed by atoms with van der Waals surface area (Å²) in [6.07, 6.45) is 18.5. The second-order valence-electron chi connectivity index (χ2n) is 5.89. The van der Waals surface area contributed by atoms with E-state index in [1.165, 1.54) is 77.0 Å². The molecule has 20 heavy (non-hydrogen) atoms. The van der Waals surface area contributed by atoms with Crippen LogP contribution >= 0.6 is 0 Å². The Labute approximate surface area is 127 Å². The standard InChI is InChI=1S/C18H38O2/c1-3-5-7-9-11-12-14-16-18-20-19-17-15-13-10-8-6-4-2/h3-18H2,1-2H3. The van der Waals surface area contributed by atoms with E-state index in [4.69, 9.17) is 9.78 Å². The summed E-state index contributed by atoms with van der Waals surface area (Å²) in [5.41, 5.74) is 0. The van der Waals surface area contributed by atoms with Crippen molar-refractivity contribution in [2.75, 3.05) is 13.2 Å². The maximum absolute atomic E-state index is 5.21. The molecule has 2 heteroatoms. The van der Waals surface area contributed by atoms with Gasteiger partial charge in [0.2, 0.25) is 0 Å². The lowest BCUT2D eigenvalue weighted by atomic mass is 10.1. The Morgan fingerprint density at radius 3 is 1.05 bits per heavy atom. The highest BCUT2D eigenvalue weighted by Gasteiger charge is 1.94. The van der Waals surface area contributed by atoms with E-state index in [2.05, 4.69) is 13.8 Å². The van der Waals surface area contributed by atoms with Crippen LogP contribution < -0.4 is 0 Å². The van der Waals surface area contributed by atoms with E-state index in [1.54, 1.807) is 0 Å². The summed E-state index contributed by atoms with van der Waals surface area (Å²) in [5.74, 6) is 0. The molecule has 0 fully saturated rings. The zero-order valence-electron chi connectivity index (χ0n) is 14.1. The van der Waals surface area contributed by atoms with Gasteiger partial charge in [-0.1, -0.05) is 90.9 Å². The fourth-order valence-electron chi connectivity index (χ4n) is 2.35. The molecular formula is C18H38O2. The van der Waals surface area contributed by atoms with Gasteiger partial charge in [-0.25, -0.2) is 9.78 Å². The molecule has 0 rings (SSSR count). The molecule has 0 saturated carbocycles. The monoisotopic (exact) mass is 286 g/mol. The second kappa shape index (κ2) is 18.9. The van der Waals surface area contributed by atoms with Gasteiger partial charge in [-0.2, -0.15) is 0 Å². The number of hydrogen-bond donors (Lipinski definition) is 0. The molecule has 0 aliphatic heterocycles. The first-order chi connectivity index (χ1) is 9.91.